The van der Waals surface area contributed by atoms with E-state index in [1.807, 2.05) is 0 Å². The van der Waals surface area contributed by atoms with Gasteiger partial charge in [-0.05, 0) is 25.3 Å². The molecule has 0 bridgehead atoms. The highest BCUT2D eigenvalue weighted by Gasteiger charge is 2.29. The van der Waals surface area contributed by atoms with Crippen LogP contribution in [-0.4, -0.2) is 50.9 Å². The molecular weight excluding hydrogens is 252 g/mol. The molecule has 1 amide bonds. The monoisotopic (exact) mass is 276 g/mol. The molecule has 5 nitrogen and oxygen atoms in total. The van der Waals surface area contributed by atoms with Gasteiger partial charge in [-0.3, -0.25) is 4.79 Å². The first-order chi connectivity index (χ1) is 8.35. The van der Waals surface area contributed by atoms with Crippen LogP contribution in [0.2, 0.25) is 0 Å². The summed E-state index contributed by atoms with van der Waals surface area (Å²) in [4.78, 5) is 13.7. The van der Waals surface area contributed by atoms with Gasteiger partial charge in [0, 0.05) is 25.8 Å². The Balaban J connectivity index is 2.56. The fourth-order valence-corrected chi connectivity index (χ4v) is 3.15. The number of amides is 1. The van der Waals surface area contributed by atoms with Gasteiger partial charge in [-0.15, -0.1) is 0 Å². The third-order valence-electron chi connectivity index (χ3n) is 3.75. The van der Waals surface area contributed by atoms with Crippen molar-refractivity contribution < 1.29 is 13.2 Å². The largest absolute Gasteiger partial charge is 0.342 e. The molecule has 18 heavy (non-hydrogen) atoms. The second-order valence-electron chi connectivity index (χ2n) is 5.23. The molecule has 2 N–H and O–H groups in total. The molecule has 2 unspecified atom stereocenters. The Morgan fingerprint density at radius 3 is 2.50 bits per heavy atom. The molecule has 1 fully saturated rings. The van der Waals surface area contributed by atoms with E-state index in [2.05, 4.69) is 0 Å². The van der Waals surface area contributed by atoms with Crippen LogP contribution in [0.15, 0.2) is 0 Å². The Morgan fingerprint density at radius 1 is 1.33 bits per heavy atom. The first kappa shape index (κ1) is 15.4. The third kappa shape index (κ3) is 4.57. The highest BCUT2D eigenvalue weighted by Crippen LogP contribution is 2.27. The van der Waals surface area contributed by atoms with Crippen molar-refractivity contribution in [2.24, 2.45) is 11.7 Å². The standard InChI is InChI=1S/C12H24N2O3S/c1-14(12(15)7-8-18(2,16)17)11-6-4-3-5-10(11)9-13/h10-11H,3-9,13H2,1-2H3. The van der Waals surface area contributed by atoms with Gasteiger partial charge in [-0.25, -0.2) is 8.42 Å². The minimum atomic E-state index is -3.07. The molecule has 106 valence electrons. The molecule has 1 aliphatic carbocycles. The van der Waals surface area contributed by atoms with Crippen molar-refractivity contribution in [3.8, 4) is 0 Å². The molecule has 0 aromatic heterocycles. The first-order valence-electron chi connectivity index (χ1n) is 6.48. The summed E-state index contributed by atoms with van der Waals surface area (Å²) < 4.78 is 22.1. The van der Waals surface area contributed by atoms with Crippen LogP contribution in [0.25, 0.3) is 0 Å². The van der Waals surface area contributed by atoms with Crippen molar-refractivity contribution in [1.82, 2.24) is 4.90 Å². The van der Waals surface area contributed by atoms with E-state index in [1.54, 1.807) is 11.9 Å². The minimum absolute atomic E-state index is 0.0725. The number of nitrogens with two attached hydrogens (primary N) is 1. The number of nitrogens with zero attached hydrogens (tertiary/aromatic N) is 1. The van der Waals surface area contributed by atoms with Crippen molar-refractivity contribution >= 4 is 15.7 Å². The third-order valence-corrected chi connectivity index (χ3v) is 4.69. The Kier molecular flexibility index (Phi) is 5.59. The lowest BCUT2D eigenvalue weighted by Gasteiger charge is -2.37. The van der Waals surface area contributed by atoms with Gasteiger partial charge in [0.15, 0.2) is 0 Å². The Labute approximate surface area is 110 Å². The molecule has 2 atom stereocenters. The summed E-state index contributed by atoms with van der Waals surface area (Å²) in [5.41, 5.74) is 5.74. The quantitative estimate of drug-likeness (QED) is 0.788. The van der Waals surface area contributed by atoms with E-state index in [0.717, 1.165) is 25.5 Å². The molecule has 0 spiro atoms. The van der Waals surface area contributed by atoms with Crippen molar-refractivity contribution in [2.45, 2.75) is 38.1 Å². The van der Waals surface area contributed by atoms with E-state index >= 15 is 0 Å². The number of hydrogen-bond donors (Lipinski definition) is 1. The van der Waals surface area contributed by atoms with Crippen LogP contribution < -0.4 is 5.73 Å². The summed E-state index contributed by atoms with van der Waals surface area (Å²) in [7, 11) is -1.31. The predicted molar refractivity (Wildman–Crippen MR) is 71.9 cm³/mol. The second-order valence-corrected chi connectivity index (χ2v) is 7.49. The molecule has 1 aliphatic rings. The van der Waals surface area contributed by atoms with E-state index in [0.29, 0.717) is 12.5 Å². The molecule has 0 radical (unpaired) electrons. The van der Waals surface area contributed by atoms with Crippen molar-refractivity contribution in [3.63, 3.8) is 0 Å². The van der Waals surface area contributed by atoms with Gasteiger partial charge >= 0.3 is 0 Å². The summed E-state index contributed by atoms with van der Waals surface area (Å²) in [5.74, 6) is 0.188. The average Bonchev–Trinajstić information content (AvgIpc) is 2.34. The fourth-order valence-electron chi connectivity index (χ4n) is 2.61. The number of rotatable bonds is 5. The SMILES string of the molecule is CN(C(=O)CCS(C)(=O)=O)C1CCCCC1CN. The van der Waals surface area contributed by atoms with Gasteiger partial charge in [-0.1, -0.05) is 12.8 Å². The van der Waals surface area contributed by atoms with Crippen LogP contribution in [0.1, 0.15) is 32.1 Å². The van der Waals surface area contributed by atoms with Gasteiger partial charge in [0.25, 0.3) is 0 Å². The maximum atomic E-state index is 12.0. The molecular formula is C12H24N2O3S. The van der Waals surface area contributed by atoms with E-state index in [1.165, 1.54) is 6.42 Å². The summed E-state index contributed by atoms with van der Waals surface area (Å²) >= 11 is 0. The topological polar surface area (TPSA) is 80.5 Å². The Morgan fingerprint density at radius 2 is 1.94 bits per heavy atom. The summed E-state index contributed by atoms with van der Waals surface area (Å²) in [6.07, 6.45) is 5.55. The van der Waals surface area contributed by atoms with Gasteiger partial charge in [-0.2, -0.15) is 0 Å². The van der Waals surface area contributed by atoms with E-state index < -0.39 is 9.84 Å². The number of sulfone groups is 1. The van der Waals surface area contributed by atoms with Crippen LogP contribution >= 0.6 is 0 Å². The molecule has 1 rings (SSSR count). The van der Waals surface area contributed by atoms with Crippen LogP contribution in [0.4, 0.5) is 0 Å². The summed E-state index contributed by atoms with van der Waals surface area (Å²) in [5, 5.41) is 0. The lowest BCUT2D eigenvalue weighted by molar-refractivity contribution is -0.133. The fraction of sp³-hybridized carbons (Fsp3) is 0.917. The summed E-state index contributed by atoms with van der Waals surface area (Å²) in [6, 6.07) is 0.177. The molecule has 0 aromatic carbocycles. The molecule has 0 aliphatic heterocycles. The van der Waals surface area contributed by atoms with Crippen LogP contribution in [0.3, 0.4) is 0 Å². The predicted octanol–water partition coefficient (Wildman–Crippen LogP) is 0.397. The number of hydrogen-bond acceptors (Lipinski definition) is 4. The maximum Gasteiger partial charge on any atom is 0.223 e. The van der Waals surface area contributed by atoms with Crippen molar-refractivity contribution in [1.29, 1.82) is 0 Å². The second kappa shape index (κ2) is 6.52. The van der Waals surface area contributed by atoms with Crippen LogP contribution in [0.5, 0.6) is 0 Å². The highest BCUT2D eigenvalue weighted by atomic mass is 32.2. The van der Waals surface area contributed by atoms with Gasteiger partial charge in [0.1, 0.15) is 9.84 Å². The lowest BCUT2D eigenvalue weighted by Crippen LogP contribution is -2.46. The smallest absolute Gasteiger partial charge is 0.223 e. The number of carbonyl (C=O) groups is 1. The van der Waals surface area contributed by atoms with Crippen molar-refractivity contribution in [3.05, 3.63) is 0 Å². The molecule has 0 saturated heterocycles. The first-order valence-corrected chi connectivity index (χ1v) is 8.54. The molecule has 1 saturated carbocycles. The molecule has 0 aromatic rings. The lowest BCUT2D eigenvalue weighted by atomic mass is 9.83. The molecule has 6 heteroatoms. The van der Waals surface area contributed by atoms with Gasteiger partial charge in [0.05, 0.1) is 5.75 Å². The van der Waals surface area contributed by atoms with Gasteiger partial charge in [0.2, 0.25) is 5.91 Å². The normalized spacial score (nSPS) is 24.8. The Hall–Kier alpha value is -0.620. The van der Waals surface area contributed by atoms with Crippen molar-refractivity contribution in [2.75, 3.05) is 25.6 Å². The maximum absolute atomic E-state index is 12.0. The van der Waals surface area contributed by atoms with Gasteiger partial charge < -0.3 is 10.6 Å². The zero-order chi connectivity index (χ0) is 13.8. The Bertz CT molecular complexity index is 381. The van der Waals surface area contributed by atoms with Crippen LogP contribution in [0, 0.1) is 5.92 Å². The average molecular weight is 276 g/mol. The zero-order valence-electron chi connectivity index (χ0n) is 11.3. The number of carbonyl (C=O) groups excluding carboxylic acids is 1. The van der Waals surface area contributed by atoms with E-state index in [4.69, 9.17) is 5.73 Å². The van der Waals surface area contributed by atoms with Crippen LogP contribution in [-0.2, 0) is 14.6 Å². The minimum Gasteiger partial charge on any atom is -0.342 e. The molecule has 0 heterocycles. The van der Waals surface area contributed by atoms with E-state index in [9.17, 15) is 13.2 Å². The highest BCUT2D eigenvalue weighted by molar-refractivity contribution is 7.90. The van der Waals surface area contributed by atoms with E-state index in [-0.39, 0.29) is 24.1 Å². The summed E-state index contributed by atoms with van der Waals surface area (Å²) in [6.45, 7) is 0.592. The zero-order valence-corrected chi connectivity index (χ0v) is 12.1.